The summed E-state index contributed by atoms with van der Waals surface area (Å²) in [6, 6.07) is 0. The van der Waals surface area contributed by atoms with Crippen LogP contribution in [0.15, 0.2) is 0 Å². The monoisotopic (exact) mass is 226 g/mol. The van der Waals surface area contributed by atoms with Crippen LogP contribution < -0.4 is 0 Å². The smallest absolute Gasteiger partial charge is 0.221 e. The van der Waals surface area contributed by atoms with Gasteiger partial charge < -0.3 is 24.8 Å². The van der Waals surface area contributed by atoms with E-state index in [1.165, 1.54) is 7.11 Å². The van der Waals surface area contributed by atoms with Crippen LogP contribution in [0.25, 0.3) is 0 Å². The summed E-state index contributed by atoms with van der Waals surface area (Å²) in [6.07, 6.45) is -2.46. The van der Waals surface area contributed by atoms with Crippen LogP contribution in [-0.2, 0) is 9.47 Å². The lowest BCUT2D eigenvalue weighted by Gasteiger charge is -2.44. The summed E-state index contributed by atoms with van der Waals surface area (Å²) >= 11 is 5.58. The number of hydrogen-bond acceptors (Lipinski definition) is 5. The SMILES string of the molecule is CO[C@@]1(CO)O[C@H](CCl)C[C@H](O)[C@@H]1O. The second-order valence-electron chi connectivity index (χ2n) is 3.32. The van der Waals surface area contributed by atoms with Crippen molar-refractivity contribution in [2.45, 2.75) is 30.5 Å². The fraction of sp³-hybridized carbons (Fsp3) is 1.00. The minimum absolute atomic E-state index is 0.175. The number of methoxy groups -OCH3 is 1. The van der Waals surface area contributed by atoms with Crippen LogP contribution >= 0.6 is 11.6 Å². The van der Waals surface area contributed by atoms with E-state index in [1.807, 2.05) is 0 Å². The topological polar surface area (TPSA) is 79.2 Å². The number of halogens is 1. The molecule has 1 rings (SSSR count). The highest BCUT2D eigenvalue weighted by Crippen LogP contribution is 2.30. The van der Waals surface area contributed by atoms with E-state index in [0.717, 1.165) is 0 Å². The molecule has 5 nitrogen and oxygen atoms in total. The summed E-state index contributed by atoms with van der Waals surface area (Å²) in [5.74, 6) is -1.38. The molecule has 1 fully saturated rings. The molecule has 0 aromatic carbocycles. The maximum Gasteiger partial charge on any atom is 0.221 e. The predicted molar refractivity (Wildman–Crippen MR) is 49.0 cm³/mol. The van der Waals surface area contributed by atoms with Crippen molar-refractivity contribution in [2.75, 3.05) is 19.6 Å². The maximum absolute atomic E-state index is 9.60. The molecule has 1 heterocycles. The van der Waals surface area contributed by atoms with Gasteiger partial charge in [0.25, 0.3) is 0 Å². The zero-order chi connectivity index (χ0) is 10.8. The summed E-state index contributed by atoms with van der Waals surface area (Å²) in [5.41, 5.74) is 0. The van der Waals surface area contributed by atoms with Gasteiger partial charge in [-0.3, -0.25) is 0 Å². The van der Waals surface area contributed by atoms with Crippen molar-refractivity contribution in [1.29, 1.82) is 0 Å². The molecule has 14 heavy (non-hydrogen) atoms. The third kappa shape index (κ3) is 2.03. The molecular weight excluding hydrogens is 212 g/mol. The van der Waals surface area contributed by atoms with Crippen molar-refractivity contribution in [3.05, 3.63) is 0 Å². The first kappa shape index (κ1) is 12.2. The first-order valence-corrected chi connectivity index (χ1v) is 4.89. The summed E-state index contributed by atoms with van der Waals surface area (Å²) < 4.78 is 10.2. The van der Waals surface area contributed by atoms with Crippen LogP contribution in [0.4, 0.5) is 0 Å². The molecule has 0 unspecified atom stereocenters. The van der Waals surface area contributed by atoms with Gasteiger partial charge in [0.15, 0.2) is 0 Å². The number of rotatable bonds is 3. The Morgan fingerprint density at radius 2 is 2.21 bits per heavy atom. The van der Waals surface area contributed by atoms with Crippen molar-refractivity contribution in [3.63, 3.8) is 0 Å². The standard InChI is InChI=1S/C8H15ClO5/c1-13-8(4-10)7(12)6(11)2-5(3-9)14-8/h5-7,10-12H,2-4H2,1H3/t5-,6-,7-,8-/m0/s1. The molecule has 4 atom stereocenters. The van der Waals surface area contributed by atoms with Gasteiger partial charge >= 0.3 is 0 Å². The van der Waals surface area contributed by atoms with Gasteiger partial charge in [-0.1, -0.05) is 0 Å². The van der Waals surface area contributed by atoms with Crippen molar-refractivity contribution < 1.29 is 24.8 Å². The molecule has 0 aromatic rings. The van der Waals surface area contributed by atoms with E-state index in [1.54, 1.807) is 0 Å². The van der Waals surface area contributed by atoms with Crippen molar-refractivity contribution in [3.8, 4) is 0 Å². The number of hydrogen-bond donors (Lipinski definition) is 3. The molecule has 1 saturated heterocycles. The van der Waals surface area contributed by atoms with Crippen LogP contribution in [0.2, 0.25) is 0 Å². The lowest BCUT2D eigenvalue weighted by atomic mass is 9.96. The molecule has 0 aliphatic carbocycles. The quantitative estimate of drug-likeness (QED) is 0.542. The summed E-state index contributed by atoms with van der Waals surface area (Å²) in [7, 11) is 1.29. The molecule has 1 aliphatic heterocycles. The predicted octanol–water partition coefficient (Wildman–Crippen LogP) is -0.929. The molecule has 0 spiro atoms. The van der Waals surface area contributed by atoms with Gasteiger partial charge in [0.1, 0.15) is 12.7 Å². The maximum atomic E-state index is 9.60. The molecule has 0 amide bonds. The van der Waals surface area contributed by atoms with Crippen LogP contribution in [0, 0.1) is 0 Å². The normalized spacial score (nSPS) is 43.9. The highest BCUT2D eigenvalue weighted by molar-refractivity contribution is 6.18. The van der Waals surface area contributed by atoms with Crippen molar-refractivity contribution >= 4 is 11.6 Å². The summed E-state index contributed by atoms with van der Waals surface area (Å²) in [4.78, 5) is 0. The Morgan fingerprint density at radius 1 is 1.57 bits per heavy atom. The minimum atomic E-state index is -1.56. The number of aliphatic hydroxyl groups is 3. The van der Waals surface area contributed by atoms with Gasteiger partial charge in [0.2, 0.25) is 5.79 Å². The van der Waals surface area contributed by atoms with Crippen LogP contribution in [-0.4, -0.2) is 59.0 Å². The van der Waals surface area contributed by atoms with Gasteiger partial charge in [-0.05, 0) is 0 Å². The van der Waals surface area contributed by atoms with E-state index in [0.29, 0.717) is 0 Å². The van der Waals surface area contributed by atoms with Crippen LogP contribution in [0.1, 0.15) is 6.42 Å². The second-order valence-corrected chi connectivity index (χ2v) is 3.62. The molecule has 3 N–H and O–H groups in total. The molecule has 0 saturated carbocycles. The van der Waals surface area contributed by atoms with E-state index >= 15 is 0 Å². The third-order valence-electron chi connectivity index (χ3n) is 2.42. The Kier molecular flexibility index (Phi) is 4.12. The van der Waals surface area contributed by atoms with Crippen molar-refractivity contribution in [2.24, 2.45) is 0 Å². The number of aliphatic hydroxyl groups excluding tert-OH is 3. The molecule has 0 bridgehead atoms. The Balaban J connectivity index is 2.80. The Labute approximate surface area is 87.2 Å². The first-order valence-electron chi connectivity index (χ1n) is 4.35. The zero-order valence-corrected chi connectivity index (χ0v) is 8.65. The second kappa shape index (κ2) is 4.74. The molecule has 84 valence electrons. The van der Waals surface area contributed by atoms with E-state index < -0.39 is 30.7 Å². The summed E-state index contributed by atoms with van der Waals surface area (Å²) in [5, 5.41) is 28.2. The van der Waals surface area contributed by atoms with E-state index in [9.17, 15) is 10.2 Å². The number of alkyl halides is 1. The van der Waals surface area contributed by atoms with Crippen LogP contribution in [0.3, 0.4) is 0 Å². The lowest BCUT2D eigenvalue weighted by Crippen LogP contribution is -2.61. The third-order valence-corrected chi connectivity index (χ3v) is 2.77. The molecular formula is C8H15ClO5. The van der Waals surface area contributed by atoms with Gasteiger partial charge in [-0.15, -0.1) is 11.6 Å². The average molecular weight is 227 g/mol. The Hall–Kier alpha value is 0.0900. The van der Waals surface area contributed by atoms with Gasteiger partial charge in [-0.2, -0.15) is 0 Å². The largest absolute Gasteiger partial charge is 0.391 e. The lowest BCUT2D eigenvalue weighted by molar-refractivity contribution is -0.339. The highest BCUT2D eigenvalue weighted by atomic mass is 35.5. The first-order chi connectivity index (χ1) is 6.59. The molecule has 6 heteroatoms. The van der Waals surface area contributed by atoms with Crippen molar-refractivity contribution in [1.82, 2.24) is 0 Å². The summed E-state index contributed by atoms with van der Waals surface area (Å²) in [6.45, 7) is -0.533. The van der Waals surface area contributed by atoms with E-state index in [4.69, 9.17) is 26.2 Å². The fourth-order valence-corrected chi connectivity index (χ4v) is 1.74. The zero-order valence-electron chi connectivity index (χ0n) is 7.89. The molecule has 1 aliphatic rings. The average Bonchev–Trinajstić information content (AvgIpc) is 2.22. The molecule has 0 aromatic heterocycles. The van der Waals surface area contributed by atoms with Crippen LogP contribution in [0.5, 0.6) is 0 Å². The van der Waals surface area contributed by atoms with Gasteiger partial charge in [0, 0.05) is 19.4 Å². The van der Waals surface area contributed by atoms with Gasteiger partial charge in [-0.25, -0.2) is 0 Å². The Bertz CT molecular complexity index is 185. The van der Waals surface area contributed by atoms with E-state index in [-0.39, 0.29) is 12.3 Å². The Morgan fingerprint density at radius 3 is 2.64 bits per heavy atom. The number of ether oxygens (including phenoxy) is 2. The van der Waals surface area contributed by atoms with Gasteiger partial charge in [0.05, 0.1) is 12.2 Å². The fourth-order valence-electron chi connectivity index (χ4n) is 1.55. The molecule has 0 radical (unpaired) electrons. The minimum Gasteiger partial charge on any atom is -0.391 e. The highest BCUT2D eigenvalue weighted by Gasteiger charge is 2.49. The van der Waals surface area contributed by atoms with E-state index in [2.05, 4.69) is 0 Å².